The molecule has 0 heterocycles. The van der Waals surface area contributed by atoms with Gasteiger partial charge in [-0.3, -0.25) is 0 Å². The molecule has 0 aromatic rings. The molecule has 0 bridgehead atoms. The van der Waals surface area contributed by atoms with Crippen LogP contribution in [0.3, 0.4) is 0 Å². The van der Waals surface area contributed by atoms with Gasteiger partial charge in [-0.05, 0) is 40.0 Å². The van der Waals surface area contributed by atoms with Crippen molar-refractivity contribution in [1.29, 1.82) is 0 Å². The Balaban J connectivity index is 5.05. The molecule has 0 aliphatic carbocycles. The van der Waals surface area contributed by atoms with Crippen LogP contribution in [-0.4, -0.2) is 28.2 Å². The lowest BCUT2D eigenvalue weighted by Crippen LogP contribution is -2.44. The van der Waals surface area contributed by atoms with E-state index in [-0.39, 0.29) is 5.60 Å². The maximum Gasteiger partial charge on any atom is 0.225 e. The van der Waals surface area contributed by atoms with Crippen LogP contribution in [0.4, 0.5) is 0 Å². The van der Waals surface area contributed by atoms with E-state index in [2.05, 4.69) is 25.7 Å². The highest BCUT2D eigenvalue weighted by molar-refractivity contribution is 5.19. The Kier molecular flexibility index (Phi) is 7.07. The summed E-state index contributed by atoms with van der Waals surface area (Å²) >= 11 is 0. The molecular weight excluding hydrogens is 240 g/mol. The molecule has 0 aromatic heterocycles. The van der Waals surface area contributed by atoms with Gasteiger partial charge >= 0.3 is 0 Å². The largest absolute Gasteiger partial charge is 0.374 e. The van der Waals surface area contributed by atoms with Crippen molar-refractivity contribution < 1.29 is 14.9 Å². The fourth-order valence-electron chi connectivity index (χ4n) is 2.00. The molecule has 0 spiro atoms. The predicted octanol–water partition coefficient (Wildman–Crippen LogP) is 3.09. The molecule has 1 atom stereocenters. The summed E-state index contributed by atoms with van der Waals surface area (Å²) in [6.07, 6.45) is 4.35. The van der Waals surface area contributed by atoms with Crippen molar-refractivity contribution in [3.8, 4) is 11.8 Å². The Labute approximate surface area is 118 Å². The highest BCUT2D eigenvalue weighted by Crippen LogP contribution is 2.38. The highest BCUT2D eigenvalue weighted by atomic mass is 16.5. The molecule has 112 valence electrons. The number of rotatable bonds is 7. The van der Waals surface area contributed by atoms with E-state index in [0.29, 0.717) is 6.61 Å². The summed E-state index contributed by atoms with van der Waals surface area (Å²) in [7, 11) is 0. The van der Waals surface area contributed by atoms with E-state index in [0.717, 1.165) is 12.8 Å². The van der Waals surface area contributed by atoms with Crippen molar-refractivity contribution in [2.75, 3.05) is 6.61 Å². The smallest absolute Gasteiger partial charge is 0.225 e. The van der Waals surface area contributed by atoms with Gasteiger partial charge in [0.2, 0.25) is 5.79 Å². The molecule has 19 heavy (non-hydrogen) atoms. The summed E-state index contributed by atoms with van der Waals surface area (Å²) in [6.45, 7) is 12.1. The van der Waals surface area contributed by atoms with Crippen LogP contribution in [0.2, 0.25) is 0 Å². The third-order valence-corrected chi connectivity index (χ3v) is 3.65. The van der Waals surface area contributed by atoms with Gasteiger partial charge in [0.1, 0.15) is 0 Å². The minimum Gasteiger partial charge on any atom is -0.374 e. The maximum absolute atomic E-state index is 9.33. The molecule has 0 rings (SSSR count). The van der Waals surface area contributed by atoms with Crippen molar-refractivity contribution in [2.45, 2.75) is 78.6 Å². The maximum atomic E-state index is 9.33. The van der Waals surface area contributed by atoms with E-state index in [1.165, 1.54) is 19.8 Å². The third-order valence-electron chi connectivity index (χ3n) is 3.65. The highest BCUT2D eigenvalue weighted by Gasteiger charge is 2.40. The Morgan fingerprint density at radius 3 is 1.95 bits per heavy atom. The van der Waals surface area contributed by atoms with Gasteiger partial charge in [-0.2, -0.15) is 0 Å². The molecular formula is C16H30O3. The van der Waals surface area contributed by atoms with Crippen LogP contribution < -0.4 is 0 Å². The van der Waals surface area contributed by atoms with Gasteiger partial charge in [0.05, 0.1) is 11.0 Å². The van der Waals surface area contributed by atoms with Gasteiger partial charge in [0, 0.05) is 13.5 Å². The summed E-state index contributed by atoms with van der Waals surface area (Å²) < 4.78 is 5.94. The van der Waals surface area contributed by atoms with Crippen molar-refractivity contribution in [3.63, 3.8) is 0 Å². The molecule has 0 aliphatic rings. The Hall–Kier alpha value is -0.560. The number of aliphatic hydroxyl groups is 2. The summed E-state index contributed by atoms with van der Waals surface area (Å²) in [5.41, 5.74) is -0.821. The second kappa shape index (κ2) is 7.28. The minimum absolute atomic E-state index is 0.380. The topological polar surface area (TPSA) is 49.7 Å². The summed E-state index contributed by atoms with van der Waals surface area (Å²) in [6, 6.07) is 0. The number of ether oxygens (including phenoxy) is 1. The van der Waals surface area contributed by atoms with Gasteiger partial charge < -0.3 is 14.9 Å². The molecule has 0 aromatic carbocycles. The fourth-order valence-corrected chi connectivity index (χ4v) is 2.00. The first-order valence-corrected chi connectivity index (χ1v) is 7.21. The van der Waals surface area contributed by atoms with E-state index in [1.807, 2.05) is 20.8 Å². The van der Waals surface area contributed by atoms with Crippen LogP contribution in [0, 0.1) is 17.3 Å². The number of hydrogen-bond donors (Lipinski definition) is 2. The molecule has 0 amide bonds. The van der Waals surface area contributed by atoms with E-state index in [1.54, 1.807) is 0 Å². The molecule has 3 nitrogen and oxygen atoms in total. The van der Waals surface area contributed by atoms with Crippen LogP contribution in [0.5, 0.6) is 0 Å². The zero-order valence-electron chi connectivity index (χ0n) is 13.3. The third kappa shape index (κ3) is 6.42. The van der Waals surface area contributed by atoms with Gasteiger partial charge in [0.15, 0.2) is 0 Å². The van der Waals surface area contributed by atoms with Gasteiger partial charge in [-0.1, -0.05) is 32.1 Å². The fraction of sp³-hybridized carbons (Fsp3) is 0.875. The quantitative estimate of drug-likeness (QED) is 0.424. The van der Waals surface area contributed by atoms with E-state index in [4.69, 9.17) is 4.74 Å². The molecule has 0 radical (unpaired) electrons. The average Bonchev–Trinajstić information content (AvgIpc) is 2.26. The zero-order valence-corrected chi connectivity index (χ0v) is 13.3. The molecule has 3 heteroatoms. The van der Waals surface area contributed by atoms with Crippen molar-refractivity contribution >= 4 is 0 Å². The molecule has 0 aliphatic heterocycles. The van der Waals surface area contributed by atoms with E-state index >= 15 is 0 Å². The minimum atomic E-state index is -1.95. The van der Waals surface area contributed by atoms with E-state index in [9.17, 15) is 10.2 Å². The second-order valence-electron chi connectivity index (χ2n) is 6.02. The summed E-state index contributed by atoms with van der Waals surface area (Å²) in [5, 5.41) is 18.7. The Morgan fingerprint density at radius 2 is 1.53 bits per heavy atom. The first kappa shape index (κ1) is 18.4. The van der Waals surface area contributed by atoms with Crippen LogP contribution >= 0.6 is 0 Å². The van der Waals surface area contributed by atoms with Crippen LogP contribution in [0.15, 0.2) is 0 Å². The SMILES string of the molecule is CCCCCC(C)(OCC)C(C)(C)C#CC(C)(O)O. The number of hydrogen-bond acceptors (Lipinski definition) is 3. The number of unbranched alkanes of at least 4 members (excludes halogenated alkanes) is 2. The summed E-state index contributed by atoms with van der Waals surface area (Å²) in [4.78, 5) is 0. The van der Waals surface area contributed by atoms with Gasteiger partial charge in [0.25, 0.3) is 0 Å². The lowest BCUT2D eigenvalue weighted by molar-refractivity contribution is -0.0972. The first-order chi connectivity index (χ1) is 8.58. The van der Waals surface area contributed by atoms with Crippen LogP contribution in [0.1, 0.15) is 67.2 Å². The average molecular weight is 270 g/mol. The summed E-state index contributed by atoms with van der Waals surface area (Å²) in [5.74, 6) is 3.52. The van der Waals surface area contributed by atoms with Gasteiger partial charge in [-0.15, -0.1) is 0 Å². The van der Waals surface area contributed by atoms with Crippen molar-refractivity contribution in [2.24, 2.45) is 5.41 Å². The molecule has 0 fully saturated rings. The van der Waals surface area contributed by atoms with Crippen molar-refractivity contribution in [1.82, 2.24) is 0 Å². The predicted molar refractivity (Wildman–Crippen MR) is 78.6 cm³/mol. The standard InChI is InChI=1S/C16H30O3/c1-7-9-10-11-15(5,19-8-2)14(3,4)12-13-16(6,17)18/h17-18H,7-11H2,1-6H3. The van der Waals surface area contributed by atoms with E-state index < -0.39 is 11.2 Å². The van der Waals surface area contributed by atoms with Gasteiger partial charge in [-0.25, -0.2) is 0 Å². The second-order valence-corrected chi connectivity index (χ2v) is 6.02. The monoisotopic (exact) mass is 270 g/mol. The van der Waals surface area contributed by atoms with Crippen molar-refractivity contribution in [3.05, 3.63) is 0 Å². The lowest BCUT2D eigenvalue weighted by Gasteiger charge is -2.41. The lowest BCUT2D eigenvalue weighted by atomic mass is 9.73. The molecule has 1 unspecified atom stereocenters. The Bertz CT molecular complexity index is 317. The molecule has 0 saturated heterocycles. The Morgan fingerprint density at radius 1 is 0.947 bits per heavy atom. The first-order valence-electron chi connectivity index (χ1n) is 7.21. The molecule has 2 N–H and O–H groups in total. The van der Waals surface area contributed by atoms with Crippen LogP contribution in [-0.2, 0) is 4.74 Å². The molecule has 0 saturated carbocycles. The normalized spacial score (nSPS) is 15.6. The zero-order chi connectivity index (χ0) is 15.2. The van der Waals surface area contributed by atoms with Crippen LogP contribution in [0.25, 0.3) is 0 Å².